The molecule has 1 atom stereocenters. The molecule has 0 spiro atoms. The van der Waals surface area contributed by atoms with Crippen molar-refractivity contribution in [3.63, 3.8) is 0 Å². The molecule has 4 nitrogen and oxygen atoms in total. The molecule has 0 aliphatic carbocycles. The van der Waals surface area contributed by atoms with Gasteiger partial charge in [-0.25, -0.2) is 8.42 Å². The van der Waals surface area contributed by atoms with Crippen LogP contribution < -0.4 is 10.6 Å². The second-order valence-corrected chi connectivity index (χ2v) is 8.05. The summed E-state index contributed by atoms with van der Waals surface area (Å²) in [4.78, 5) is 0.240. The number of benzene rings is 3. The summed E-state index contributed by atoms with van der Waals surface area (Å²) in [5, 5.41) is 5.22. The summed E-state index contributed by atoms with van der Waals surface area (Å²) in [6, 6.07) is 26.7. The second-order valence-electron chi connectivity index (χ2n) is 5.61. The number of hydrogen-bond acceptors (Lipinski definition) is 3. The van der Waals surface area contributed by atoms with Crippen molar-refractivity contribution >= 4 is 32.9 Å². The molecule has 2 N–H and O–H groups in total. The zero-order valence-electron chi connectivity index (χ0n) is 13.9. The Kier molecular flexibility index (Phi) is 5.65. The van der Waals surface area contributed by atoms with E-state index in [9.17, 15) is 8.42 Å². The van der Waals surface area contributed by atoms with Gasteiger partial charge in [0.05, 0.1) is 4.90 Å². The number of para-hydroxylation sites is 1. The van der Waals surface area contributed by atoms with Crippen LogP contribution in [0.15, 0.2) is 95.9 Å². The molecule has 0 heterocycles. The Balaban J connectivity index is 1.91. The molecule has 0 amide bonds. The van der Waals surface area contributed by atoms with Gasteiger partial charge in [0.25, 0.3) is 0 Å². The minimum absolute atomic E-state index is 0.240. The molecule has 3 aromatic rings. The average molecular weight is 383 g/mol. The van der Waals surface area contributed by atoms with Gasteiger partial charge >= 0.3 is 0 Å². The molecule has 0 aliphatic rings. The highest BCUT2D eigenvalue weighted by atomic mass is 32.2. The highest BCUT2D eigenvalue weighted by Crippen LogP contribution is 2.26. The molecule has 0 aromatic heterocycles. The van der Waals surface area contributed by atoms with Crippen molar-refractivity contribution in [3.8, 4) is 0 Å². The van der Waals surface area contributed by atoms with Crippen LogP contribution in [-0.2, 0) is 9.84 Å². The van der Waals surface area contributed by atoms with Crippen LogP contribution in [0.4, 0.5) is 5.69 Å². The topological polar surface area (TPSA) is 58.2 Å². The maximum absolute atomic E-state index is 13.2. The lowest BCUT2D eigenvalue weighted by molar-refractivity contribution is 0.577. The van der Waals surface area contributed by atoms with Gasteiger partial charge in [-0.05, 0) is 42.0 Å². The maximum Gasteiger partial charge on any atom is 0.203 e. The van der Waals surface area contributed by atoms with Gasteiger partial charge in [-0.2, -0.15) is 0 Å². The molecule has 6 heteroatoms. The lowest BCUT2D eigenvalue weighted by Crippen LogP contribution is -2.36. The number of rotatable bonds is 5. The predicted molar refractivity (Wildman–Crippen MR) is 109 cm³/mol. The molecule has 0 saturated heterocycles. The summed E-state index contributed by atoms with van der Waals surface area (Å²) >= 11 is 5.34. The second kappa shape index (κ2) is 8.12. The Labute approximate surface area is 158 Å². The number of anilines is 1. The van der Waals surface area contributed by atoms with Gasteiger partial charge in [-0.3, -0.25) is 0 Å². The number of nitrogens with one attached hydrogen (secondary N) is 2. The Hall–Kier alpha value is -2.70. The molecule has 0 saturated carbocycles. The number of sulfone groups is 1. The molecule has 132 valence electrons. The molecular weight excluding hydrogens is 364 g/mol. The first-order chi connectivity index (χ1) is 12.6. The minimum atomic E-state index is -3.68. The van der Waals surface area contributed by atoms with E-state index >= 15 is 0 Å². The quantitative estimate of drug-likeness (QED) is 0.650. The predicted octanol–water partition coefficient (Wildman–Crippen LogP) is 4.15. The van der Waals surface area contributed by atoms with Crippen molar-refractivity contribution in [1.82, 2.24) is 5.32 Å². The lowest BCUT2D eigenvalue weighted by atomic mass is 10.2. The zero-order valence-corrected chi connectivity index (χ0v) is 15.5. The molecule has 0 aliphatic heterocycles. The summed E-state index contributed by atoms with van der Waals surface area (Å²) < 4.78 is 26.3. The average Bonchev–Trinajstić information content (AvgIpc) is 2.68. The zero-order chi connectivity index (χ0) is 18.4. The van der Waals surface area contributed by atoms with Crippen LogP contribution in [0.25, 0.3) is 0 Å². The van der Waals surface area contributed by atoms with Gasteiger partial charge < -0.3 is 10.6 Å². The molecule has 0 bridgehead atoms. The van der Waals surface area contributed by atoms with Gasteiger partial charge in [0.15, 0.2) is 10.5 Å². The van der Waals surface area contributed by atoms with Crippen molar-refractivity contribution in [2.24, 2.45) is 0 Å². The smallest absolute Gasteiger partial charge is 0.203 e. The molecule has 1 unspecified atom stereocenters. The third-order valence-corrected chi connectivity index (χ3v) is 5.94. The van der Waals surface area contributed by atoms with Crippen molar-refractivity contribution in [3.05, 3.63) is 96.6 Å². The minimum Gasteiger partial charge on any atom is -0.342 e. The number of hydrogen-bond donors (Lipinski definition) is 2. The number of thiocarbonyl (C=S) groups is 1. The fourth-order valence-corrected chi connectivity index (χ4v) is 4.43. The Bertz CT molecular complexity index is 960. The van der Waals surface area contributed by atoms with Crippen molar-refractivity contribution in [2.75, 3.05) is 5.32 Å². The molecule has 0 radical (unpaired) electrons. The van der Waals surface area contributed by atoms with E-state index in [1.165, 1.54) is 0 Å². The van der Waals surface area contributed by atoms with Crippen molar-refractivity contribution in [1.29, 1.82) is 0 Å². The van der Waals surface area contributed by atoms with Crippen LogP contribution in [0.3, 0.4) is 0 Å². The van der Waals surface area contributed by atoms with Crippen LogP contribution in [0, 0.1) is 0 Å². The molecular formula is C20H18N2O2S2. The van der Waals surface area contributed by atoms with E-state index in [0.717, 1.165) is 5.69 Å². The summed E-state index contributed by atoms with van der Waals surface area (Å²) in [5.74, 6) is 0. The Morgan fingerprint density at radius 2 is 1.27 bits per heavy atom. The van der Waals surface area contributed by atoms with Crippen LogP contribution in [0.5, 0.6) is 0 Å². The summed E-state index contributed by atoms with van der Waals surface area (Å²) in [6.07, 6.45) is 0. The summed E-state index contributed by atoms with van der Waals surface area (Å²) in [7, 11) is -3.68. The van der Waals surface area contributed by atoms with E-state index in [-0.39, 0.29) is 10.0 Å². The Morgan fingerprint density at radius 3 is 1.85 bits per heavy atom. The third kappa shape index (κ3) is 4.28. The SMILES string of the molecule is O=S(=O)(c1ccccc1)C(NC(=S)Nc1ccccc1)c1ccccc1. The molecule has 3 aromatic carbocycles. The molecule has 26 heavy (non-hydrogen) atoms. The molecule has 0 fully saturated rings. The Morgan fingerprint density at radius 1 is 0.769 bits per heavy atom. The van der Waals surface area contributed by atoms with Crippen LogP contribution in [-0.4, -0.2) is 13.5 Å². The standard InChI is InChI=1S/C20H18N2O2S2/c23-26(24,18-14-8-3-9-15-18)19(16-10-4-1-5-11-16)22-20(25)21-17-12-6-2-7-13-17/h1-15,19H,(H2,21,22,25). The van der Waals surface area contributed by atoms with Crippen molar-refractivity contribution < 1.29 is 8.42 Å². The first-order valence-electron chi connectivity index (χ1n) is 8.04. The molecule has 3 rings (SSSR count). The van der Waals surface area contributed by atoms with Gasteiger partial charge in [0.1, 0.15) is 0 Å². The summed E-state index contributed by atoms with van der Waals surface area (Å²) in [6.45, 7) is 0. The fraction of sp³-hybridized carbons (Fsp3) is 0.0500. The van der Waals surface area contributed by atoms with E-state index in [1.54, 1.807) is 54.6 Å². The van der Waals surface area contributed by atoms with Crippen molar-refractivity contribution in [2.45, 2.75) is 10.3 Å². The van der Waals surface area contributed by atoms with E-state index in [0.29, 0.717) is 5.56 Å². The van der Waals surface area contributed by atoms with E-state index in [2.05, 4.69) is 10.6 Å². The van der Waals surface area contributed by atoms with E-state index < -0.39 is 15.2 Å². The third-order valence-electron chi connectivity index (χ3n) is 3.78. The first kappa shape index (κ1) is 18.1. The first-order valence-corrected chi connectivity index (χ1v) is 9.99. The highest BCUT2D eigenvalue weighted by molar-refractivity contribution is 7.91. The van der Waals surface area contributed by atoms with E-state index in [1.807, 2.05) is 36.4 Å². The highest BCUT2D eigenvalue weighted by Gasteiger charge is 2.29. The van der Waals surface area contributed by atoms with Crippen LogP contribution in [0.1, 0.15) is 10.9 Å². The largest absolute Gasteiger partial charge is 0.342 e. The van der Waals surface area contributed by atoms with Gasteiger partial charge in [0.2, 0.25) is 9.84 Å². The monoisotopic (exact) mass is 382 g/mol. The van der Waals surface area contributed by atoms with Gasteiger partial charge in [0, 0.05) is 5.69 Å². The normalized spacial score (nSPS) is 12.2. The van der Waals surface area contributed by atoms with Crippen LogP contribution in [0.2, 0.25) is 0 Å². The van der Waals surface area contributed by atoms with Crippen LogP contribution >= 0.6 is 12.2 Å². The van der Waals surface area contributed by atoms with E-state index in [4.69, 9.17) is 12.2 Å². The van der Waals surface area contributed by atoms with Gasteiger partial charge in [-0.15, -0.1) is 0 Å². The maximum atomic E-state index is 13.2. The fourth-order valence-electron chi connectivity index (χ4n) is 2.52. The van der Waals surface area contributed by atoms with Gasteiger partial charge in [-0.1, -0.05) is 66.7 Å². The lowest BCUT2D eigenvalue weighted by Gasteiger charge is -2.22. The summed E-state index contributed by atoms with van der Waals surface area (Å²) in [5.41, 5.74) is 1.41.